The Morgan fingerprint density at radius 2 is 1.42 bits per heavy atom. The van der Waals surface area contributed by atoms with Gasteiger partial charge in [0.15, 0.2) is 29.8 Å². The summed E-state index contributed by atoms with van der Waals surface area (Å²) >= 11 is 0. The molecule has 0 aliphatic heterocycles. The third-order valence-electron chi connectivity index (χ3n) is 5.30. The van der Waals surface area contributed by atoms with Crippen molar-refractivity contribution in [1.29, 1.82) is 0 Å². The summed E-state index contributed by atoms with van der Waals surface area (Å²) in [6.45, 7) is 0.623. The molecule has 2 aromatic carbocycles. The molecule has 0 heterocycles. The molecule has 0 N–H and O–H groups in total. The molecule has 1 saturated carbocycles. The van der Waals surface area contributed by atoms with Gasteiger partial charge in [0.2, 0.25) is 5.75 Å². The summed E-state index contributed by atoms with van der Waals surface area (Å²) in [7, 11) is 0. The van der Waals surface area contributed by atoms with E-state index in [1.165, 1.54) is 12.1 Å². The van der Waals surface area contributed by atoms with Gasteiger partial charge in [0.05, 0.1) is 0 Å². The Hall–Kier alpha value is -2.72. The van der Waals surface area contributed by atoms with Gasteiger partial charge in [-0.1, -0.05) is 25.8 Å². The summed E-state index contributed by atoms with van der Waals surface area (Å²) in [6.07, 6.45) is -5.76. The maximum atomic E-state index is 14.4. The zero-order valence-corrected chi connectivity index (χ0v) is 17.3. The van der Waals surface area contributed by atoms with Gasteiger partial charge in [-0.3, -0.25) is 0 Å². The van der Waals surface area contributed by atoms with E-state index in [1.807, 2.05) is 0 Å². The Morgan fingerprint density at radius 1 is 0.818 bits per heavy atom. The molecule has 1 aliphatic rings. The van der Waals surface area contributed by atoms with E-state index in [2.05, 4.69) is 16.4 Å². The Morgan fingerprint density at radius 3 is 1.97 bits per heavy atom. The van der Waals surface area contributed by atoms with E-state index in [1.54, 1.807) is 6.07 Å². The van der Waals surface area contributed by atoms with Gasteiger partial charge in [-0.25, -0.2) is 13.2 Å². The molecular weight excluding hydrogens is 464 g/mol. The molecule has 0 bridgehead atoms. The van der Waals surface area contributed by atoms with Gasteiger partial charge in [0, 0.05) is 12.1 Å². The van der Waals surface area contributed by atoms with Gasteiger partial charge in [0.1, 0.15) is 5.75 Å². The minimum atomic E-state index is -5.39. The highest BCUT2D eigenvalue weighted by Gasteiger charge is 2.37. The average Bonchev–Trinajstić information content (AvgIpc) is 2.69. The van der Waals surface area contributed by atoms with Crippen LogP contribution in [0, 0.1) is 23.4 Å². The molecule has 0 spiro atoms. The lowest BCUT2D eigenvalue weighted by Crippen LogP contribution is -2.32. The third-order valence-corrected chi connectivity index (χ3v) is 5.30. The first-order valence-electron chi connectivity index (χ1n) is 10.1. The topological polar surface area (TPSA) is 27.7 Å². The van der Waals surface area contributed by atoms with Crippen LogP contribution in [0.5, 0.6) is 17.2 Å². The molecule has 33 heavy (non-hydrogen) atoms. The first kappa shape index (κ1) is 24.9. The molecular formula is C22H20F8O3. The van der Waals surface area contributed by atoms with Crippen LogP contribution in [0.4, 0.5) is 35.1 Å². The van der Waals surface area contributed by atoms with E-state index in [-0.39, 0.29) is 18.1 Å². The van der Waals surface area contributed by atoms with Gasteiger partial charge >= 0.3 is 12.5 Å². The van der Waals surface area contributed by atoms with Crippen molar-refractivity contribution in [3.05, 3.63) is 53.3 Å². The fourth-order valence-electron chi connectivity index (χ4n) is 3.65. The van der Waals surface area contributed by atoms with E-state index in [0.717, 1.165) is 31.2 Å². The molecule has 0 unspecified atom stereocenters. The largest absolute Gasteiger partial charge is 0.573 e. The lowest BCUT2D eigenvalue weighted by molar-refractivity contribution is -0.276. The highest BCUT2D eigenvalue weighted by Crippen LogP contribution is 2.37. The Balaban J connectivity index is 1.63. The smallest absolute Gasteiger partial charge is 0.480 e. The van der Waals surface area contributed by atoms with Crippen LogP contribution in [0.3, 0.4) is 0 Å². The summed E-state index contributed by atoms with van der Waals surface area (Å²) in [5.74, 6) is -7.30. The van der Waals surface area contributed by atoms with Crippen LogP contribution in [0.25, 0.3) is 0 Å². The monoisotopic (exact) mass is 484 g/mol. The second kappa shape index (κ2) is 9.64. The number of halogens is 8. The van der Waals surface area contributed by atoms with E-state index >= 15 is 0 Å². The number of hydrogen-bond acceptors (Lipinski definition) is 3. The molecule has 1 aliphatic carbocycles. The molecule has 2 aromatic rings. The van der Waals surface area contributed by atoms with Gasteiger partial charge in [0.25, 0.3) is 0 Å². The number of ether oxygens (including phenoxy) is 3. The van der Waals surface area contributed by atoms with Gasteiger partial charge in [-0.05, 0) is 42.4 Å². The summed E-state index contributed by atoms with van der Waals surface area (Å²) in [6, 6.07) is 4.21. The number of hydrogen-bond donors (Lipinski definition) is 0. The van der Waals surface area contributed by atoms with Crippen LogP contribution in [0.2, 0.25) is 0 Å². The number of benzene rings is 2. The third kappa shape index (κ3) is 6.88. The second-order valence-electron chi connectivity index (χ2n) is 7.94. The van der Waals surface area contributed by atoms with Crippen molar-refractivity contribution in [1.82, 2.24) is 0 Å². The normalized spacial score (nSPS) is 19.3. The van der Waals surface area contributed by atoms with E-state index in [4.69, 9.17) is 4.74 Å². The van der Waals surface area contributed by atoms with Crippen LogP contribution < -0.4 is 14.2 Å². The quantitative estimate of drug-likeness (QED) is 0.385. The number of rotatable bonds is 7. The van der Waals surface area contributed by atoms with Crippen LogP contribution >= 0.6 is 0 Å². The van der Waals surface area contributed by atoms with Gasteiger partial charge in [-0.15, -0.1) is 13.2 Å². The second-order valence-corrected chi connectivity index (χ2v) is 7.94. The standard InChI is InChI=1S/C22H20F8O3/c1-12-2-4-13(5-3-12)14-6-7-19(16(23)8-14)31-11-21(26,27)32-15-9-17(24)20(18(25)10-15)33-22(28,29)30/h6-10,12-13H,2-5,11H2,1H3. The lowest BCUT2D eigenvalue weighted by atomic mass is 9.79. The van der Waals surface area contributed by atoms with E-state index in [0.29, 0.717) is 5.92 Å². The average molecular weight is 484 g/mol. The van der Waals surface area contributed by atoms with Crippen molar-refractivity contribution in [2.45, 2.75) is 51.0 Å². The molecule has 0 amide bonds. The first-order chi connectivity index (χ1) is 15.3. The molecule has 0 saturated heterocycles. The van der Waals surface area contributed by atoms with Crippen LogP contribution in [0.1, 0.15) is 44.1 Å². The molecule has 11 heteroatoms. The van der Waals surface area contributed by atoms with Crippen molar-refractivity contribution in [3.8, 4) is 17.2 Å². The van der Waals surface area contributed by atoms with Crippen molar-refractivity contribution in [3.63, 3.8) is 0 Å². The SMILES string of the molecule is CC1CCC(c2ccc(OCC(F)(F)Oc3cc(F)c(OC(F)(F)F)c(F)c3)c(F)c2)CC1. The molecule has 0 atom stereocenters. The molecule has 182 valence electrons. The Bertz CT molecular complexity index is 946. The Kier molecular flexibility index (Phi) is 7.28. The summed E-state index contributed by atoms with van der Waals surface area (Å²) < 4.78 is 118. The van der Waals surface area contributed by atoms with Crippen molar-refractivity contribution < 1.29 is 49.3 Å². The van der Waals surface area contributed by atoms with E-state index < -0.39 is 53.8 Å². The van der Waals surface area contributed by atoms with Crippen LogP contribution in [0.15, 0.2) is 30.3 Å². The maximum Gasteiger partial charge on any atom is 0.573 e. The Labute approximate surface area is 184 Å². The predicted octanol–water partition coefficient (Wildman–Crippen LogP) is 7.35. The maximum absolute atomic E-state index is 14.4. The highest BCUT2D eigenvalue weighted by atomic mass is 19.4. The minimum Gasteiger partial charge on any atom is -0.480 e. The summed E-state index contributed by atoms with van der Waals surface area (Å²) in [5.41, 5.74) is 0.738. The van der Waals surface area contributed by atoms with Gasteiger partial charge in [-0.2, -0.15) is 8.78 Å². The zero-order chi connectivity index (χ0) is 24.4. The molecule has 1 fully saturated rings. The molecule has 0 aromatic heterocycles. The highest BCUT2D eigenvalue weighted by molar-refractivity contribution is 5.35. The fraction of sp³-hybridized carbons (Fsp3) is 0.455. The van der Waals surface area contributed by atoms with E-state index in [9.17, 15) is 35.1 Å². The number of alkyl halides is 5. The van der Waals surface area contributed by atoms with Crippen LogP contribution in [-0.2, 0) is 0 Å². The van der Waals surface area contributed by atoms with Crippen molar-refractivity contribution >= 4 is 0 Å². The van der Waals surface area contributed by atoms with Crippen molar-refractivity contribution in [2.75, 3.05) is 6.61 Å². The molecule has 0 radical (unpaired) electrons. The van der Waals surface area contributed by atoms with Crippen LogP contribution in [-0.4, -0.2) is 19.1 Å². The summed E-state index contributed by atoms with van der Waals surface area (Å²) in [4.78, 5) is 0. The van der Waals surface area contributed by atoms with Crippen molar-refractivity contribution in [2.24, 2.45) is 5.92 Å². The lowest BCUT2D eigenvalue weighted by Gasteiger charge is -2.26. The molecule has 3 nitrogen and oxygen atoms in total. The minimum absolute atomic E-state index is 0.0957. The summed E-state index contributed by atoms with van der Waals surface area (Å²) in [5, 5.41) is 0. The first-order valence-corrected chi connectivity index (χ1v) is 10.1. The molecule has 3 rings (SSSR count). The zero-order valence-electron chi connectivity index (χ0n) is 17.3. The fourth-order valence-corrected chi connectivity index (χ4v) is 3.65. The predicted molar refractivity (Wildman–Crippen MR) is 101 cm³/mol. The van der Waals surface area contributed by atoms with Gasteiger partial charge < -0.3 is 14.2 Å².